The predicted molar refractivity (Wildman–Crippen MR) is 170 cm³/mol. The topological polar surface area (TPSA) is 36.0 Å². The van der Waals surface area contributed by atoms with Crippen molar-refractivity contribution in [2.75, 3.05) is 0 Å². The molecule has 0 aliphatic rings. The third-order valence-corrected chi connectivity index (χ3v) is 7.45. The second-order valence-corrected chi connectivity index (χ2v) is 11.5. The number of benzene rings is 5. The first kappa shape index (κ1) is 26.4. The molecule has 0 amide bonds. The highest BCUT2D eigenvalue weighted by Gasteiger charge is 2.38. The SMILES string of the molecule is CC(C)(C)C#Cc1c(C(O)(c2ccc(-c3ccccc3)cc2)c2ccc(-c3ccccc3)cc2)[nH]c2ccccc12. The second kappa shape index (κ2) is 10.6. The van der Waals surface area contributed by atoms with Crippen molar-refractivity contribution in [3.63, 3.8) is 0 Å². The Morgan fingerprint density at radius 2 is 0.976 bits per heavy atom. The van der Waals surface area contributed by atoms with Crippen molar-refractivity contribution in [2.24, 2.45) is 5.41 Å². The zero-order chi connectivity index (χ0) is 28.5. The van der Waals surface area contributed by atoms with E-state index in [1.54, 1.807) is 0 Å². The van der Waals surface area contributed by atoms with E-state index in [-0.39, 0.29) is 5.41 Å². The van der Waals surface area contributed by atoms with Crippen LogP contribution in [0.4, 0.5) is 0 Å². The number of aromatic nitrogens is 1. The molecule has 0 bridgehead atoms. The number of hydrogen-bond donors (Lipinski definition) is 2. The average molecular weight is 532 g/mol. The van der Waals surface area contributed by atoms with Gasteiger partial charge in [0.25, 0.3) is 0 Å². The Morgan fingerprint density at radius 1 is 0.537 bits per heavy atom. The minimum atomic E-state index is -1.47. The maximum atomic E-state index is 13.0. The van der Waals surface area contributed by atoms with Crippen LogP contribution in [0.15, 0.2) is 133 Å². The van der Waals surface area contributed by atoms with Gasteiger partial charge in [0.15, 0.2) is 5.60 Å². The highest BCUT2D eigenvalue weighted by Crippen LogP contribution is 2.41. The van der Waals surface area contributed by atoms with Crippen LogP contribution in [0.2, 0.25) is 0 Å². The molecule has 1 heterocycles. The summed E-state index contributed by atoms with van der Waals surface area (Å²) in [5, 5.41) is 14.0. The fourth-order valence-electron chi connectivity index (χ4n) is 5.32. The molecule has 0 aliphatic heterocycles. The molecule has 0 radical (unpaired) electrons. The van der Waals surface area contributed by atoms with Gasteiger partial charge in [-0.25, -0.2) is 0 Å². The molecule has 5 aromatic carbocycles. The summed E-state index contributed by atoms with van der Waals surface area (Å²) in [5.74, 6) is 6.87. The molecular formula is C39H33NO. The summed E-state index contributed by atoms with van der Waals surface area (Å²) in [6.07, 6.45) is 0. The van der Waals surface area contributed by atoms with Crippen LogP contribution in [-0.2, 0) is 5.60 Å². The number of fused-ring (bicyclic) bond motifs is 1. The van der Waals surface area contributed by atoms with Crippen LogP contribution < -0.4 is 0 Å². The number of aromatic amines is 1. The lowest BCUT2D eigenvalue weighted by molar-refractivity contribution is 0.121. The predicted octanol–water partition coefficient (Wildman–Crippen LogP) is 9.18. The van der Waals surface area contributed by atoms with Crippen molar-refractivity contribution in [1.82, 2.24) is 4.98 Å². The molecule has 41 heavy (non-hydrogen) atoms. The summed E-state index contributed by atoms with van der Waals surface area (Å²) in [7, 11) is 0. The smallest absolute Gasteiger partial charge is 0.156 e. The first-order chi connectivity index (χ1) is 19.8. The molecule has 6 rings (SSSR count). The Balaban J connectivity index is 1.57. The van der Waals surface area contributed by atoms with Gasteiger partial charge in [0.2, 0.25) is 0 Å². The van der Waals surface area contributed by atoms with Gasteiger partial charge in [-0.15, -0.1) is 0 Å². The number of nitrogens with one attached hydrogen (secondary N) is 1. The lowest BCUT2D eigenvalue weighted by atomic mass is 9.80. The van der Waals surface area contributed by atoms with Crippen LogP contribution in [0.25, 0.3) is 33.2 Å². The Bertz CT molecular complexity index is 1760. The number of hydrogen-bond acceptors (Lipinski definition) is 1. The Kier molecular flexibility index (Phi) is 6.83. The van der Waals surface area contributed by atoms with Gasteiger partial charge in [0.1, 0.15) is 0 Å². The van der Waals surface area contributed by atoms with Crippen molar-refractivity contribution in [3.05, 3.63) is 156 Å². The highest BCUT2D eigenvalue weighted by atomic mass is 16.3. The van der Waals surface area contributed by atoms with E-state index in [1.807, 2.05) is 78.9 Å². The molecule has 0 saturated carbocycles. The van der Waals surface area contributed by atoms with Gasteiger partial charge in [-0.2, -0.15) is 0 Å². The third-order valence-electron chi connectivity index (χ3n) is 7.45. The second-order valence-electron chi connectivity index (χ2n) is 11.5. The molecular weight excluding hydrogens is 498 g/mol. The molecule has 1 aromatic heterocycles. The van der Waals surface area contributed by atoms with Crippen LogP contribution in [0, 0.1) is 17.3 Å². The van der Waals surface area contributed by atoms with E-state index in [2.05, 4.69) is 92.2 Å². The van der Waals surface area contributed by atoms with Crippen LogP contribution in [-0.4, -0.2) is 10.1 Å². The maximum Gasteiger partial charge on any atom is 0.156 e. The summed E-state index contributed by atoms with van der Waals surface area (Å²) in [5.41, 5.74) is 6.79. The van der Waals surface area contributed by atoms with Crippen molar-refractivity contribution in [2.45, 2.75) is 26.4 Å². The largest absolute Gasteiger partial charge is 0.374 e. The number of H-pyrrole nitrogens is 1. The summed E-state index contributed by atoms with van der Waals surface area (Å²) >= 11 is 0. The minimum Gasteiger partial charge on any atom is -0.374 e. The zero-order valence-electron chi connectivity index (χ0n) is 23.6. The number of aliphatic hydroxyl groups is 1. The van der Waals surface area contributed by atoms with Gasteiger partial charge in [-0.3, -0.25) is 0 Å². The van der Waals surface area contributed by atoms with Gasteiger partial charge >= 0.3 is 0 Å². The van der Waals surface area contributed by atoms with Crippen LogP contribution in [0.3, 0.4) is 0 Å². The summed E-state index contributed by atoms with van der Waals surface area (Å²) in [6.45, 7) is 6.31. The number of para-hydroxylation sites is 1. The van der Waals surface area contributed by atoms with Crippen molar-refractivity contribution < 1.29 is 5.11 Å². The van der Waals surface area contributed by atoms with Gasteiger partial charge < -0.3 is 10.1 Å². The van der Waals surface area contributed by atoms with E-state index in [9.17, 15) is 5.11 Å². The molecule has 200 valence electrons. The summed E-state index contributed by atoms with van der Waals surface area (Å²) in [4.78, 5) is 3.58. The average Bonchev–Trinajstić information content (AvgIpc) is 3.39. The van der Waals surface area contributed by atoms with Gasteiger partial charge in [-0.05, 0) is 60.2 Å². The third kappa shape index (κ3) is 5.21. The minimum absolute atomic E-state index is 0.192. The summed E-state index contributed by atoms with van der Waals surface area (Å²) in [6, 6.07) is 45.2. The Hall–Kier alpha value is -4.84. The first-order valence-electron chi connectivity index (χ1n) is 14.0. The molecule has 0 unspecified atom stereocenters. The normalized spacial score (nSPS) is 11.7. The molecule has 0 fully saturated rings. The summed E-state index contributed by atoms with van der Waals surface area (Å²) < 4.78 is 0. The highest BCUT2D eigenvalue weighted by molar-refractivity contribution is 5.89. The number of rotatable bonds is 5. The van der Waals surface area contributed by atoms with Gasteiger partial charge in [0, 0.05) is 16.3 Å². The van der Waals surface area contributed by atoms with E-state index in [1.165, 1.54) is 0 Å². The fourth-order valence-corrected chi connectivity index (χ4v) is 5.32. The van der Waals surface area contributed by atoms with E-state index < -0.39 is 5.60 Å². The molecule has 2 heteroatoms. The molecule has 0 atom stereocenters. The molecule has 6 aromatic rings. The quantitative estimate of drug-likeness (QED) is 0.214. The van der Waals surface area contributed by atoms with Crippen LogP contribution >= 0.6 is 0 Å². The van der Waals surface area contributed by atoms with Crippen LogP contribution in [0.1, 0.15) is 43.2 Å². The first-order valence-corrected chi connectivity index (χ1v) is 14.0. The lowest BCUT2D eigenvalue weighted by Gasteiger charge is -2.30. The molecule has 2 nitrogen and oxygen atoms in total. The molecule has 0 saturated heterocycles. The van der Waals surface area contributed by atoms with Crippen molar-refractivity contribution in [1.29, 1.82) is 0 Å². The lowest BCUT2D eigenvalue weighted by Crippen LogP contribution is -2.30. The van der Waals surface area contributed by atoms with E-state index in [0.717, 1.165) is 49.8 Å². The fraction of sp³-hybridized carbons (Fsp3) is 0.128. The monoisotopic (exact) mass is 531 g/mol. The van der Waals surface area contributed by atoms with Crippen molar-refractivity contribution >= 4 is 10.9 Å². The standard InChI is InChI=1S/C39H33NO/c1-38(2,3)27-26-35-34-16-10-11-17-36(34)40-37(35)39(41,32-22-18-30(19-23-32)28-12-6-4-7-13-28)33-24-20-31(21-25-33)29-14-8-5-9-15-29/h4-25,40-41H,1-3H3. The van der Waals surface area contributed by atoms with E-state index in [4.69, 9.17) is 0 Å². The van der Waals surface area contributed by atoms with Crippen molar-refractivity contribution in [3.8, 4) is 34.1 Å². The Labute approximate surface area is 242 Å². The van der Waals surface area contributed by atoms with E-state index in [0.29, 0.717) is 5.69 Å². The van der Waals surface area contributed by atoms with E-state index >= 15 is 0 Å². The zero-order valence-corrected chi connectivity index (χ0v) is 23.6. The Morgan fingerprint density at radius 3 is 1.46 bits per heavy atom. The van der Waals surface area contributed by atoms with Gasteiger partial charge in [0.05, 0.1) is 11.3 Å². The molecule has 0 aliphatic carbocycles. The molecule has 0 spiro atoms. The molecule has 2 N–H and O–H groups in total. The van der Waals surface area contributed by atoms with Crippen LogP contribution in [0.5, 0.6) is 0 Å². The van der Waals surface area contributed by atoms with Gasteiger partial charge in [-0.1, -0.05) is 139 Å². The maximum absolute atomic E-state index is 13.0.